The molecular weight excluding hydrogens is 404 g/mol. The number of carbonyl (C=O) groups excluding carboxylic acids is 1. The van der Waals surface area contributed by atoms with Crippen LogP contribution in [0.5, 0.6) is 0 Å². The molecular formula is C21H20N4O2S2. The minimum Gasteiger partial charge on any atom is -0.324 e. The Bertz CT molecular complexity index is 1320. The van der Waals surface area contributed by atoms with Gasteiger partial charge in [0.2, 0.25) is 5.91 Å². The summed E-state index contributed by atoms with van der Waals surface area (Å²) in [6.07, 6.45) is 4.51. The molecule has 0 bridgehead atoms. The average molecular weight is 425 g/mol. The lowest BCUT2D eigenvalue weighted by Gasteiger charge is -2.17. The highest BCUT2D eigenvalue weighted by Crippen LogP contribution is 2.35. The number of anilines is 1. The molecule has 1 amide bonds. The van der Waals surface area contributed by atoms with Crippen LogP contribution >= 0.6 is 22.7 Å². The highest BCUT2D eigenvalue weighted by molar-refractivity contribution is 7.19. The van der Waals surface area contributed by atoms with Gasteiger partial charge in [-0.15, -0.1) is 22.7 Å². The smallest absolute Gasteiger partial charge is 0.262 e. The molecule has 0 saturated heterocycles. The number of carbonyl (C=O) groups is 1. The van der Waals surface area contributed by atoms with Crippen molar-refractivity contribution < 1.29 is 4.79 Å². The number of fused-ring (bicyclic) bond motifs is 4. The van der Waals surface area contributed by atoms with Crippen LogP contribution in [0.1, 0.15) is 28.8 Å². The highest BCUT2D eigenvalue weighted by atomic mass is 32.1. The monoisotopic (exact) mass is 424 g/mol. The maximum Gasteiger partial charge on any atom is 0.262 e. The van der Waals surface area contributed by atoms with Crippen molar-refractivity contribution in [2.45, 2.75) is 39.7 Å². The Morgan fingerprint density at radius 2 is 2.21 bits per heavy atom. The second-order valence-corrected chi connectivity index (χ2v) is 9.99. The van der Waals surface area contributed by atoms with E-state index in [-0.39, 0.29) is 18.0 Å². The van der Waals surface area contributed by atoms with Crippen molar-refractivity contribution in [2.75, 3.05) is 5.32 Å². The summed E-state index contributed by atoms with van der Waals surface area (Å²) < 4.78 is 2.44. The first kappa shape index (κ1) is 18.4. The number of hydrogen-bond donors (Lipinski definition) is 1. The molecule has 0 saturated carbocycles. The molecule has 29 heavy (non-hydrogen) atoms. The fourth-order valence-corrected chi connectivity index (χ4v) is 6.16. The van der Waals surface area contributed by atoms with Crippen LogP contribution in [0, 0.1) is 12.8 Å². The summed E-state index contributed by atoms with van der Waals surface area (Å²) in [6, 6.07) is 5.64. The number of aryl methyl sites for hydroxylation is 2. The lowest BCUT2D eigenvalue weighted by Crippen LogP contribution is -2.28. The summed E-state index contributed by atoms with van der Waals surface area (Å²) in [6.45, 7) is 4.15. The molecule has 148 valence electrons. The zero-order chi connectivity index (χ0) is 20.1. The molecule has 1 aromatic carbocycles. The number of nitrogens with one attached hydrogen (secondary N) is 1. The molecule has 1 aliphatic rings. The summed E-state index contributed by atoms with van der Waals surface area (Å²) in [5, 5.41) is 4.58. The molecule has 4 aromatic rings. The number of thiophene rings is 1. The molecule has 5 rings (SSSR count). The third-order valence-electron chi connectivity index (χ3n) is 5.38. The molecule has 6 nitrogen and oxygen atoms in total. The number of thiazole rings is 1. The van der Waals surface area contributed by atoms with Crippen LogP contribution in [-0.2, 0) is 24.2 Å². The maximum atomic E-state index is 13.1. The van der Waals surface area contributed by atoms with Crippen molar-refractivity contribution >= 4 is 54.7 Å². The van der Waals surface area contributed by atoms with Crippen molar-refractivity contribution in [1.82, 2.24) is 14.5 Å². The van der Waals surface area contributed by atoms with Gasteiger partial charge in [0.1, 0.15) is 11.4 Å². The van der Waals surface area contributed by atoms with Gasteiger partial charge in [-0.1, -0.05) is 6.92 Å². The zero-order valence-corrected chi connectivity index (χ0v) is 17.8. The van der Waals surface area contributed by atoms with E-state index >= 15 is 0 Å². The van der Waals surface area contributed by atoms with Crippen LogP contribution in [0.2, 0.25) is 0 Å². The summed E-state index contributed by atoms with van der Waals surface area (Å²) in [5.74, 6) is 0.398. The topological polar surface area (TPSA) is 76.9 Å². The molecule has 0 radical (unpaired) electrons. The average Bonchev–Trinajstić information content (AvgIpc) is 3.22. The number of nitrogens with zero attached hydrogens (tertiary/aromatic N) is 3. The van der Waals surface area contributed by atoms with E-state index in [4.69, 9.17) is 0 Å². The highest BCUT2D eigenvalue weighted by Gasteiger charge is 2.23. The predicted octanol–water partition coefficient (Wildman–Crippen LogP) is 4.14. The molecule has 0 aliphatic heterocycles. The minimum atomic E-state index is -0.244. The number of amides is 1. The van der Waals surface area contributed by atoms with Crippen LogP contribution < -0.4 is 10.9 Å². The molecule has 1 N–H and O–H groups in total. The van der Waals surface area contributed by atoms with Crippen LogP contribution in [0.4, 0.5) is 5.69 Å². The van der Waals surface area contributed by atoms with Gasteiger partial charge in [0.05, 0.1) is 26.9 Å². The first-order valence-corrected chi connectivity index (χ1v) is 11.3. The van der Waals surface area contributed by atoms with E-state index < -0.39 is 0 Å². The summed E-state index contributed by atoms with van der Waals surface area (Å²) in [4.78, 5) is 36.6. The van der Waals surface area contributed by atoms with Gasteiger partial charge in [-0.3, -0.25) is 14.2 Å². The normalized spacial score (nSPS) is 16.3. The Labute approximate surface area is 175 Å². The molecule has 3 aromatic heterocycles. The molecule has 1 aliphatic carbocycles. The zero-order valence-electron chi connectivity index (χ0n) is 16.2. The number of rotatable bonds is 3. The Hall–Kier alpha value is -2.58. The van der Waals surface area contributed by atoms with Gasteiger partial charge in [-0.2, -0.15) is 0 Å². The maximum absolute atomic E-state index is 13.1. The van der Waals surface area contributed by atoms with Crippen LogP contribution in [0.15, 0.2) is 29.3 Å². The van der Waals surface area contributed by atoms with Crippen LogP contribution in [0.3, 0.4) is 0 Å². The number of aromatic nitrogens is 3. The standard InChI is InChI=1S/C21H20N4O2S2/c1-11-3-5-14-16(7-11)29-20-19(14)21(27)25(10-22-20)9-18(26)24-13-4-6-15-17(8-13)28-12(2)23-15/h4,6,8,10-11H,3,5,7,9H2,1-2H3,(H,24,26). The van der Waals surface area contributed by atoms with E-state index in [9.17, 15) is 9.59 Å². The van der Waals surface area contributed by atoms with Crippen molar-refractivity contribution in [1.29, 1.82) is 0 Å². The third-order valence-corrected chi connectivity index (χ3v) is 7.47. The van der Waals surface area contributed by atoms with E-state index in [1.54, 1.807) is 22.7 Å². The first-order chi connectivity index (χ1) is 14.0. The second kappa shape index (κ2) is 7.03. The molecule has 0 fully saturated rings. The van der Waals surface area contributed by atoms with E-state index in [2.05, 4.69) is 22.2 Å². The quantitative estimate of drug-likeness (QED) is 0.536. The molecule has 1 unspecified atom stereocenters. The number of hydrogen-bond acceptors (Lipinski definition) is 6. The van der Waals surface area contributed by atoms with E-state index in [1.807, 2.05) is 25.1 Å². The van der Waals surface area contributed by atoms with E-state index in [0.717, 1.165) is 44.9 Å². The minimum absolute atomic E-state index is 0.0530. The number of benzene rings is 1. The molecule has 3 heterocycles. The Morgan fingerprint density at radius 1 is 1.34 bits per heavy atom. The summed E-state index contributed by atoms with van der Waals surface area (Å²) in [5.41, 5.74) is 2.65. The van der Waals surface area contributed by atoms with Gasteiger partial charge in [0.25, 0.3) is 5.56 Å². The van der Waals surface area contributed by atoms with Gasteiger partial charge in [0.15, 0.2) is 0 Å². The Balaban J connectivity index is 1.41. The van der Waals surface area contributed by atoms with E-state index in [0.29, 0.717) is 17.0 Å². The van der Waals surface area contributed by atoms with Crippen molar-refractivity contribution in [3.63, 3.8) is 0 Å². The molecule has 1 atom stereocenters. The van der Waals surface area contributed by atoms with Crippen LogP contribution in [0.25, 0.3) is 20.4 Å². The van der Waals surface area contributed by atoms with Gasteiger partial charge >= 0.3 is 0 Å². The fourth-order valence-electron chi connectivity index (χ4n) is 3.95. The SMILES string of the molecule is Cc1nc2ccc(NC(=O)Cn3cnc4sc5c(c4c3=O)CCC(C)C5)cc2s1. The first-order valence-electron chi connectivity index (χ1n) is 9.64. The predicted molar refractivity (Wildman–Crippen MR) is 118 cm³/mol. The van der Waals surface area contributed by atoms with Gasteiger partial charge in [0, 0.05) is 10.6 Å². The summed E-state index contributed by atoms with van der Waals surface area (Å²) >= 11 is 3.21. The van der Waals surface area contributed by atoms with Crippen molar-refractivity contribution in [3.05, 3.63) is 50.3 Å². The van der Waals surface area contributed by atoms with Gasteiger partial charge < -0.3 is 5.32 Å². The Morgan fingerprint density at radius 3 is 3.07 bits per heavy atom. The van der Waals surface area contributed by atoms with E-state index in [1.165, 1.54) is 15.8 Å². The van der Waals surface area contributed by atoms with Gasteiger partial charge in [-0.25, -0.2) is 9.97 Å². The fraction of sp³-hybridized carbons (Fsp3) is 0.333. The summed E-state index contributed by atoms with van der Waals surface area (Å²) in [7, 11) is 0. The van der Waals surface area contributed by atoms with Crippen molar-refractivity contribution in [2.24, 2.45) is 5.92 Å². The third kappa shape index (κ3) is 3.36. The second-order valence-electron chi connectivity index (χ2n) is 7.67. The lowest BCUT2D eigenvalue weighted by molar-refractivity contribution is -0.116. The van der Waals surface area contributed by atoms with Crippen molar-refractivity contribution in [3.8, 4) is 0 Å². The van der Waals surface area contributed by atoms with Gasteiger partial charge in [-0.05, 0) is 55.9 Å². The lowest BCUT2D eigenvalue weighted by atomic mass is 9.89. The molecule has 8 heteroatoms. The molecule has 0 spiro atoms. The van der Waals surface area contributed by atoms with Crippen LogP contribution in [-0.4, -0.2) is 20.4 Å². The Kier molecular flexibility index (Phi) is 4.48. The largest absolute Gasteiger partial charge is 0.324 e.